The Morgan fingerprint density at radius 1 is 1.62 bits per heavy atom. The van der Waals surface area contributed by atoms with Gasteiger partial charge in [0.2, 0.25) is 0 Å². The third kappa shape index (κ3) is 130. The second kappa shape index (κ2) is 23.5. The molecule has 0 unspecified atom stereocenters. The zero-order valence-corrected chi connectivity index (χ0v) is 10.4. The zero-order valence-electron chi connectivity index (χ0n) is 5.26. The summed E-state index contributed by atoms with van der Waals surface area (Å²) in [6, 6.07) is 0. The molecule has 5 heteroatoms. The fourth-order valence-corrected chi connectivity index (χ4v) is 0. The molecule has 0 aromatic carbocycles. The summed E-state index contributed by atoms with van der Waals surface area (Å²) in [5.41, 5.74) is 0. The molecule has 0 aromatic rings. The van der Waals surface area contributed by atoms with E-state index in [-0.39, 0.29) is 80.9 Å². The summed E-state index contributed by atoms with van der Waals surface area (Å²) in [6.45, 7) is 5.72. The first-order valence-corrected chi connectivity index (χ1v) is 1.13. The molecule has 0 saturated carbocycles. The predicted octanol–water partition coefficient (Wildman–Crippen LogP) is -7.14. The van der Waals surface area contributed by atoms with Crippen LogP contribution in [0.3, 0.4) is 0 Å². The molecule has 0 atom stereocenters. The Balaban J connectivity index is -0.0000000183. The summed E-state index contributed by atoms with van der Waals surface area (Å²) in [7, 11) is 0. The zero-order chi connectivity index (χ0) is 5.58. The molecule has 34 valence electrons. The standard InChI is InChI=1S/C2H4O2.CN.K.Na/c1-2(3)4;1-2;;/h1H3,(H,3,4);;;/q;-1;2*+1/p-1. The average molecular weight is 147 g/mol. The van der Waals surface area contributed by atoms with Crippen LogP contribution >= 0.6 is 0 Å². The minimum absolute atomic E-state index is 0. The van der Waals surface area contributed by atoms with Gasteiger partial charge in [0, 0.05) is 5.97 Å². The van der Waals surface area contributed by atoms with Crippen LogP contribution in [0.4, 0.5) is 0 Å². The van der Waals surface area contributed by atoms with Crippen LogP contribution in [0, 0.1) is 11.8 Å². The molecular weight excluding hydrogens is 144 g/mol. The normalized spacial score (nSPS) is 3.38. The van der Waals surface area contributed by atoms with E-state index in [0.29, 0.717) is 0 Å². The van der Waals surface area contributed by atoms with Gasteiger partial charge in [0.1, 0.15) is 0 Å². The van der Waals surface area contributed by atoms with E-state index in [0.717, 1.165) is 6.92 Å². The number of rotatable bonds is 0. The molecule has 0 saturated heterocycles. The van der Waals surface area contributed by atoms with Gasteiger partial charge in [-0.1, -0.05) is 0 Å². The second-order valence-corrected chi connectivity index (χ2v) is 0.492. The van der Waals surface area contributed by atoms with Crippen molar-refractivity contribution in [1.29, 1.82) is 5.26 Å². The number of carbonyl (C=O) groups is 1. The Hall–Kier alpha value is 1.60. The van der Waals surface area contributed by atoms with Gasteiger partial charge in [0.25, 0.3) is 0 Å². The Kier molecular flexibility index (Phi) is 66.5. The van der Waals surface area contributed by atoms with Crippen LogP contribution in [0.15, 0.2) is 0 Å². The number of carboxylic acid groups (broad SMARTS) is 1. The van der Waals surface area contributed by atoms with E-state index in [1.54, 1.807) is 0 Å². The molecule has 0 heterocycles. The minimum Gasteiger partial charge on any atom is -0.550 e. The van der Waals surface area contributed by atoms with Gasteiger partial charge in [0.05, 0.1) is 0 Å². The maximum atomic E-state index is 8.89. The maximum absolute atomic E-state index is 8.89. The quantitative estimate of drug-likeness (QED) is 0.252. The van der Waals surface area contributed by atoms with E-state index < -0.39 is 5.97 Å². The van der Waals surface area contributed by atoms with Gasteiger partial charge in [0.15, 0.2) is 0 Å². The van der Waals surface area contributed by atoms with Crippen molar-refractivity contribution < 1.29 is 90.8 Å². The summed E-state index contributed by atoms with van der Waals surface area (Å²) >= 11 is 0. The summed E-state index contributed by atoms with van der Waals surface area (Å²) in [6.07, 6.45) is 0. The summed E-state index contributed by atoms with van der Waals surface area (Å²) < 4.78 is 0. The Labute approximate surface area is 113 Å². The molecule has 0 aliphatic carbocycles. The molecule has 3 nitrogen and oxygen atoms in total. The monoisotopic (exact) mass is 147 g/mol. The molecule has 0 aliphatic heterocycles. The van der Waals surface area contributed by atoms with Gasteiger partial charge < -0.3 is 21.7 Å². The van der Waals surface area contributed by atoms with Crippen LogP contribution in [-0.2, 0) is 4.79 Å². The number of nitrogens with zero attached hydrogens (tertiary/aromatic N) is 1. The van der Waals surface area contributed by atoms with Crippen molar-refractivity contribution in [3.05, 3.63) is 6.57 Å². The average Bonchev–Trinajstić information content (AvgIpc) is 1.41. The smallest absolute Gasteiger partial charge is 0.550 e. The van der Waals surface area contributed by atoms with Gasteiger partial charge in [-0.15, -0.1) is 0 Å². The number of hydrogen-bond acceptors (Lipinski definition) is 3. The van der Waals surface area contributed by atoms with E-state index in [1.165, 1.54) is 0 Å². The molecule has 0 aromatic heterocycles. The predicted molar refractivity (Wildman–Crippen MR) is 15.6 cm³/mol. The van der Waals surface area contributed by atoms with Crippen LogP contribution < -0.4 is 86.0 Å². The molecule has 0 N–H and O–H groups in total. The molecule has 0 fully saturated rings. The van der Waals surface area contributed by atoms with Gasteiger partial charge in [-0.05, 0) is 6.92 Å². The number of carbonyl (C=O) groups excluding carboxylic acids is 1. The molecule has 0 spiro atoms. The Morgan fingerprint density at radius 2 is 1.62 bits per heavy atom. The van der Waals surface area contributed by atoms with Gasteiger partial charge in [-0.3, -0.25) is 0 Å². The van der Waals surface area contributed by atoms with E-state index >= 15 is 0 Å². The van der Waals surface area contributed by atoms with Crippen molar-refractivity contribution in [3.63, 3.8) is 0 Å². The summed E-state index contributed by atoms with van der Waals surface area (Å²) in [5, 5.41) is 15.1. The van der Waals surface area contributed by atoms with Crippen LogP contribution in [-0.4, -0.2) is 5.97 Å². The maximum Gasteiger partial charge on any atom is 1.00 e. The first kappa shape index (κ1) is 22.6. The second-order valence-electron chi connectivity index (χ2n) is 0.492. The Morgan fingerprint density at radius 3 is 1.62 bits per heavy atom. The van der Waals surface area contributed by atoms with Crippen molar-refractivity contribution in [3.8, 4) is 0 Å². The molecular formula is C3H3KNNaO2. The summed E-state index contributed by atoms with van der Waals surface area (Å²) in [4.78, 5) is 8.89. The van der Waals surface area contributed by atoms with Gasteiger partial charge in [-0.2, -0.15) is 0 Å². The van der Waals surface area contributed by atoms with E-state index in [9.17, 15) is 0 Å². The van der Waals surface area contributed by atoms with Crippen molar-refractivity contribution >= 4 is 5.97 Å². The summed E-state index contributed by atoms with van der Waals surface area (Å²) in [5.74, 6) is -1.08. The van der Waals surface area contributed by atoms with E-state index in [1.807, 2.05) is 0 Å². The largest absolute Gasteiger partial charge is 1.00 e. The van der Waals surface area contributed by atoms with E-state index in [4.69, 9.17) is 21.7 Å². The van der Waals surface area contributed by atoms with Crippen LogP contribution in [0.5, 0.6) is 0 Å². The number of hydrogen-bond donors (Lipinski definition) is 0. The first-order valence-electron chi connectivity index (χ1n) is 1.13. The van der Waals surface area contributed by atoms with E-state index in [2.05, 4.69) is 0 Å². The molecule has 8 heavy (non-hydrogen) atoms. The Bertz CT molecular complexity index is 61.5. The number of aliphatic carboxylic acids is 1. The third-order valence-corrected chi connectivity index (χ3v) is 0. The fourth-order valence-electron chi connectivity index (χ4n) is 0. The van der Waals surface area contributed by atoms with Gasteiger partial charge in [-0.25, -0.2) is 0 Å². The van der Waals surface area contributed by atoms with Crippen molar-refractivity contribution in [2.75, 3.05) is 0 Å². The molecule has 0 amide bonds. The molecule has 0 aliphatic rings. The van der Waals surface area contributed by atoms with Crippen LogP contribution in [0.25, 0.3) is 0 Å². The molecule has 0 rings (SSSR count). The fraction of sp³-hybridized carbons (Fsp3) is 0.333. The number of carboxylic acids is 1. The SMILES string of the molecule is CC(=O)[O-].[C-]#N.[K+].[Na+]. The first-order chi connectivity index (χ1) is 2.73. The topological polar surface area (TPSA) is 63.9 Å². The van der Waals surface area contributed by atoms with Crippen LogP contribution in [0.1, 0.15) is 6.92 Å². The third-order valence-electron chi connectivity index (χ3n) is 0. The molecule has 0 radical (unpaired) electrons. The van der Waals surface area contributed by atoms with Crippen molar-refractivity contribution in [2.24, 2.45) is 0 Å². The molecule has 0 bridgehead atoms. The van der Waals surface area contributed by atoms with Gasteiger partial charge >= 0.3 is 80.9 Å². The van der Waals surface area contributed by atoms with Crippen molar-refractivity contribution in [2.45, 2.75) is 6.92 Å². The van der Waals surface area contributed by atoms with Crippen molar-refractivity contribution in [1.82, 2.24) is 0 Å². The van der Waals surface area contributed by atoms with Crippen LogP contribution in [0.2, 0.25) is 0 Å². The minimum atomic E-state index is -1.08.